The van der Waals surface area contributed by atoms with Crippen molar-refractivity contribution in [2.24, 2.45) is 5.92 Å². The lowest BCUT2D eigenvalue weighted by molar-refractivity contribution is -0.124. The Hall–Kier alpha value is -1.55. The van der Waals surface area contributed by atoms with Gasteiger partial charge in [0.15, 0.2) is 5.78 Å². The van der Waals surface area contributed by atoms with E-state index in [0.29, 0.717) is 0 Å². The van der Waals surface area contributed by atoms with E-state index in [4.69, 9.17) is 9.16 Å². The smallest absolute Gasteiger partial charge is 0.241 e. The molecule has 1 atom stereocenters. The highest BCUT2D eigenvalue weighted by atomic mass is 28.4. The molecular formula is C18H28O3Si. The van der Waals surface area contributed by atoms with E-state index in [1.165, 1.54) is 0 Å². The van der Waals surface area contributed by atoms with Crippen molar-refractivity contribution >= 4 is 14.1 Å². The van der Waals surface area contributed by atoms with Crippen molar-refractivity contribution in [1.82, 2.24) is 0 Å². The van der Waals surface area contributed by atoms with Crippen molar-refractivity contribution in [3.63, 3.8) is 0 Å². The minimum Gasteiger partial charge on any atom is -0.550 e. The Morgan fingerprint density at radius 3 is 2.55 bits per heavy atom. The second kappa shape index (κ2) is 9.46. The predicted molar refractivity (Wildman–Crippen MR) is 93.5 cm³/mol. The second-order valence-corrected chi connectivity index (χ2v) is 11.0. The van der Waals surface area contributed by atoms with Crippen LogP contribution in [0.3, 0.4) is 0 Å². The highest BCUT2D eigenvalue weighted by Gasteiger charge is 2.14. The van der Waals surface area contributed by atoms with Crippen LogP contribution in [-0.4, -0.2) is 20.7 Å². The predicted octanol–water partition coefficient (Wildman–Crippen LogP) is 4.81. The molecule has 122 valence electrons. The maximum absolute atomic E-state index is 12.0. The van der Waals surface area contributed by atoms with Crippen LogP contribution in [-0.2, 0) is 9.22 Å². The summed E-state index contributed by atoms with van der Waals surface area (Å²) in [5.41, 5.74) is 0. The van der Waals surface area contributed by atoms with Gasteiger partial charge in [-0.3, -0.25) is 4.79 Å². The molecule has 1 aromatic carbocycles. The molecule has 1 aromatic rings. The first-order valence-corrected chi connectivity index (χ1v) is 11.3. The molecular weight excluding hydrogens is 292 g/mol. The molecule has 0 aliphatic carbocycles. The van der Waals surface area contributed by atoms with Crippen molar-refractivity contribution < 1.29 is 14.0 Å². The van der Waals surface area contributed by atoms with E-state index >= 15 is 0 Å². The van der Waals surface area contributed by atoms with Crippen LogP contribution in [0.5, 0.6) is 5.75 Å². The molecule has 0 saturated heterocycles. The van der Waals surface area contributed by atoms with Crippen molar-refractivity contribution in [1.29, 1.82) is 0 Å². The number of allylic oxidation sites excluding steroid dienone is 1. The molecule has 0 radical (unpaired) electrons. The SMILES string of the molecule is CC(CCCC=CO[Si](C)(C)C)C(=O)COc1ccccc1. The molecule has 0 bridgehead atoms. The van der Waals surface area contributed by atoms with Crippen molar-refractivity contribution in [3.05, 3.63) is 42.7 Å². The quantitative estimate of drug-likeness (QED) is 0.353. The Morgan fingerprint density at radius 2 is 1.91 bits per heavy atom. The topological polar surface area (TPSA) is 35.5 Å². The van der Waals surface area contributed by atoms with Crippen LogP contribution >= 0.6 is 0 Å². The molecule has 0 saturated carbocycles. The number of ether oxygens (including phenoxy) is 1. The van der Waals surface area contributed by atoms with Gasteiger partial charge < -0.3 is 9.16 Å². The third kappa shape index (κ3) is 8.67. The zero-order chi connectivity index (χ0) is 16.4. The summed E-state index contributed by atoms with van der Waals surface area (Å²) in [6.07, 6.45) is 6.69. The lowest BCUT2D eigenvalue weighted by Gasteiger charge is -2.14. The van der Waals surface area contributed by atoms with Gasteiger partial charge in [-0.2, -0.15) is 0 Å². The third-order valence-electron chi connectivity index (χ3n) is 3.20. The van der Waals surface area contributed by atoms with Gasteiger partial charge in [-0.25, -0.2) is 0 Å². The van der Waals surface area contributed by atoms with E-state index in [2.05, 4.69) is 25.7 Å². The van der Waals surface area contributed by atoms with E-state index in [0.717, 1.165) is 25.0 Å². The highest BCUT2D eigenvalue weighted by Crippen LogP contribution is 2.13. The molecule has 0 N–H and O–H groups in total. The standard InChI is InChI=1S/C18H28O3Si/c1-16(11-7-6-10-14-21-22(2,3)4)18(19)15-20-17-12-8-5-9-13-17/h5,8-10,12-14,16H,6-7,11,15H2,1-4H3. The van der Waals surface area contributed by atoms with Crippen molar-refractivity contribution in [3.8, 4) is 5.75 Å². The fraction of sp³-hybridized carbons (Fsp3) is 0.500. The Kier molecular flexibility index (Phi) is 7.95. The second-order valence-electron chi connectivity index (χ2n) is 6.50. The summed E-state index contributed by atoms with van der Waals surface area (Å²) < 4.78 is 11.1. The Labute approximate surface area is 135 Å². The number of Topliss-reactive ketones (excluding diaryl/α,β-unsaturated/α-hetero) is 1. The number of para-hydroxylation sites is 1. The number of carbonyl (C=O) groups is 1. The van der Waals surface area contributed by atoms with Gasteiger partial charge in [0.2, 0.25) is 8.32 Å². The fourth-order valence-corrected chi connectivity index (χ4v) is 2.34. The molecule has 0 heterocycles. The summed E-state index contributed by atoms with van der Waals surface area (Å²) in [5.74, 6) is 0.940. The molecule has 1 unspecified atom stereocenters. The van der Waals surface area contributed by atoms with E-state index < -0.39 is 8.32 Å². The van der Waals surface area contributed by atoms with Gasteiger partial charge in [0.05, 0.1) is 6.26 Å². The number of carbonyl (C=O) groups excluding carboxylic acids is 1. The Bertz CT molecular complexity index is 463. The molecule has 0 fully saturated rings. The molecule has 0 amide bonds. The van der Waals surface area contributed by atoms with Crippen LogP contribution in [0.1, 0.15) is 26.2 Å². The number of benzene rings is 1. The summed E-state index contributed by atoms with van der Waals surface area (Å²) in [5, 5.41) is 0. The molecule has 0 aliphatic rings. The number of hydrogen-bond acceptors (Lipinski definition) is 3. The van der Waals surface area contributed by atoms with E-state index in [1.54, 1.807) is 0 Å². The number of unbranched alkanes of at least 4 members (excludes halogenated alkanes) is 1. The zero-order valence-corrected chi connectivity index (χ0v) is 15.2. The lowest BCUT2D eigenvalue weighted by atomic mass is 10.00. The molecule has 0 aromatic heterocycles. The van der Waals surface area contributed by atoms with Gasteiger partial charge in [-0.1, -0.05) is 31.2 Å². The molecule has 3 nitrogen and oxygen atoms in total. The fourth-order valence-electron chi connectivity index (χ4n) is 1.84. The largest absolute Gasteiger partial charge is 0.550 e. The van der Waals surface area contributed by atoms with Gasteiger partial charge in [0.1, 0.15) is 12.4 Å². The van der Waals surface area contributed by atoms with Crippen molar-refractivity contribution in [2.75, 3.05) is 6.61 Å². The molecule has 22 heavy (non-hydrogen) atoms. The summed E-state index contributed by atoms with van der Waals surface area (Å²) in [6.45, 7) is 8.60. The third-order valence-corrected chi connectivity index (χ3v) is 4.04. The van der Waals surface area contributed by atoms with Crippen LogP contribution in [0.25, 0.3) is 0 Å². The average molecular weight is 321 g/mol. The van der Waals surface area contributed by atoms with Gasteiger partial charge in [-0.05, 0) is 51.0 Å². The first-order valence-electron chi connectivity index (χ1n) is 7.92. The van der Waals surface area contributed by atoms with E-state index in [1.807, 2.05) is 43.5 Å². The van der Waals surface area contributed by atoms with E-state index in [-0.39, 0.29) is 18.3 Å². The zero-order valence-electron chi connectivity index (χ0n) is 14.2. The summed E-state index contributed by atoms with van der Waals surface area (Å²) in [7, 11) is -1.46. The summed E-state index contributed by atoms with van der Waals surface area (Å²) in [4.78, 5) is 12.0. The minimum absolute atomic E-state index is 0.0371. The first-order chi connectivity index (χ1) is 10.4. The molecule has 1 rings (SSSR count). The van der Waals surface area contributed by atoms with Crippen molar-refractivity contribution in [2.45, 2.75) is 45.8 Å². The average Bonchev–Trinajstić information content (AvgIpc) is 2.48. The number of hydrogen-bond donors (Lipinski definition) is 0. The Morgan fingerprint density at radius 1 is 1.23 bits per heavy atom. The lowest BCUT2D eigenvalue weighted by Crippen LogP contribution is -2.21. The van der Waals surface area contributed by atoms with Crippen LogP contribution in [0.15, 0.2) is 42.7 Å². The summed E-state index contributed by atoms with van der Waals surface area (Å²) in [6, 6.07) is 9.45. The summed E-state index contributed by atoms with van der Waals surface area (Å²) >= 11 is 0. The minimum atomic E-state index is -1.46. The van der Waals surface area contributed by atoms with Gasteiger partial charge in [0.25, 0.3) is 0 Å². The molecule has 4 heteroatoms. The van der Waals surface area contributed by atoms with Gasteiger partial charge in [-0.15, -0.1) is 0 Å². The van der Waals surface area contributed by atoms with Crippen LogP contribution in [0, 0.1) is 5.92 Å². The van der Waals surface area contributed by atoms with Gasteiger partial charge in [0, 0.05) is 5.92 Å². The van der Waals surface area contributed by atoms with E-state index in [9.17, 15) is 4.79 Å². The van der Waals surface area contributed by atoms with Crippen LogP contribution in [0.2, 0.25) is 19.6 Å². The molecule has 0 spiro atoms. The normalized spacial score (nSPS) is 13.1. The maximum Gasteiger partial charge on any atom is 0.241 e. The monoisotopic (exact) mass is 320 g/mol. The van der Waals surface area contributed by atoms with Crippen LogP contribution < -0.4 is 4.74 Å². The van der Waals surface area contributed by atoms with Gasteiger partial charge >= 0.3 is 0 Å². The number of rotatable bonds is 10. The first kappa shape index (κ1) is 18.5. The number of ketones is 1. The Balaban J connectivity index is 2.16. The highest BCUT2D eigenvalue weighted by molar-refractivity contribution is 6.69. The van der Waals surface area contributed by atoms with Crippen LogP contribution in [0.4, 0.5) is 0 Å². The maximum atomic E-state index is 12.0. The molecule has 0 aliphatic heterocycles.